The highest BCUT2D eigenvalue weighted by molar-refractivity contribution is 5.79. The summed E-state index contributed by atoms with van der Waals surface area (Å²) in [7, 11) is 0. The Balaban J connectivity index is 1.58. The number of hydrogen-bond acceptors (Lipinski definition) is 3. The van der Waals surface area contributed by atoms with Crippen LogP contribution in [0.15, 0.2) is 4.99 Å². The predicted octanol–water partition coefficient (Wildman–Crippen LogP) is 2.23. The van der Waals surface area contributed by atoms with Crippen molar-refractivity contribution in [1.82, 2.24) is 15.5 Å². The molecule has 1 saturated heterocycles. The molecule has 1 atom stereocenters. The molecule has 1 saturated carbocycles. The predicted molar refractivity (Wildman–Crippen MR) is 97.0 cm³/mol. The van der Waals surface area contributed by atoms with E-state index in [0.29, 0.717) is 0 Å². The Morgan fingerprint density at radius 1 is 1.13 bits per heavy atom. The molecule has 1 heterocycles. The number of unbranched alkanes of at least 4 members (excludes halogenated alkanes) is 1. The van der Waals surface area contributed by atoms with Gasteiger partial charge in [-0.1, -0.05) is 13.3 Å². The molecule has 0 radical (unpaired) electrons. The van der Waals surface area contributed by atoms with Crippen LogP contribution in [0.2, 0.25) is 0 Å². The van der Waals surface area contributed by atoms with Gasteiger partial charge in [-0.2, -0.15) is 0 Å². The topological polar surface area (TPSA) is 48.9 Å². The molecule has 2 fully saturated rings. The highest BCUT2D eigenvalue weighted by atomic mass is 16.5. The lowest BCUT2D eigenvalue weighted by Crippen LogP contribution is -2.38. The maximum atomic E-state index is 5.59. The van der Waals surface area contributed by atoms with E-state index in [1.807, 2.05) is 0 Å². The Hall–Kier alpha value is -0.810. The average Bonchev–Trinajstić information content (AvgIpc) is 3.30. The van der Waals surface area contributed by atoms with Gasteiger partial charge < -0.3 is 20.3 Å². The molecule has 2 aliphatic rings. The first-order valence-electron chi connectivity index (χ1n) is 9.67. The molecule has 2 rings (SSSR count). The van der Waals surface area contributed by atoms with Crippen LogP contribution in [0, 0.1) is 5.92 Å². The van der Waals surface area contributed by atoms with Crippen LogP contribution < -0.4 is 10.6 Å². The fourth-order valence-corrected chi connectivity index (χ4v) is 3.07. The first-order chi connectivity index (χ1) is 11.3. The normalized spacial score (nSPS) is 22.5. The summed E-state index contributed by atoms with van der Waals surface area (Å²) in [6, 6.07) is 0.906. The van der Waals surface area contributed by atoms with Crippen LogP contribution in [-0.4, -0.2) is 62.8 Å². The van der Waals surface area contributed by atoms with Crippen LogP contribution in [0.5, 0.6) is 0 Å². The number of hydrogen-bond donors (Lipinski definition) is 2. The molecular weight excluding hydrogens is 288 g/mol. The van der Waals surface area contributed by atoms with Crippen molar-refractivity contribution in [3.05, 3.63) is 0 Å². The Morgan fingerprint density at radius 3 is 2.70 bits per heavy atom. The zero-order valence-electron chi connectivity index (χ0n) is 15.1. The average molecular weight is 325 g/mol. The summed E-state index contributed by atoms with van der Waals surface area (Å²) in [5.41, 5.74) is 0. The second-order valence-corrected chi connectivity index (χ2v) is 6.85. The van der Waals surface area contributed by atoms with E-state index in [0.717, 1.165) is 63.6 Å². The van der Waals surface area contributed by atoms with Crippen molar-refractivity contribution in [1.29, 1.82) is 0 Å². The fraction of sp³-hybridized carbons (Fsp3) is 0.944. The summed E-state index contributed by atoms with van der Waals surface area (Å²) in [5.74, 6) is 1.70. The van der Waals surface area contributed by atoms with Crippen molar-refractivity contribution in [2.45, 2.75) is 58.4 Å². The van der Waals surface area contributed by atoms with E-state index < -0.39 is 0 Å². The van der Waals surface area contributed by atoms with E-state index in [2.05, 4.69) is 29.4 Å². The van der Waals surface area contributed by atoms with Crippen LogP contribution in [0.1, 0.15) is 52.4 Å². The molecule has 0 aromatic carbocycles. The number of aliphatic imine (C=N–C) groups is 1. The summed E-state index contributed by atoms with van der Waals surface area (Å²) in [6.07, 6.45) is 7.55. The first kappa shape index (κ1) is 18.5. The van der Waals surface area contributed by atoms with Gasteiger partial charge in [0.05, 0.1) is 0 Å². The molecule has 0 aromatic heterocycles. The molecule has 5 nitrogen and oxygen atoms in total. The zero-order valence-corrected chi connectivity index (χ0v) is 15.1. The quantitative estimate of drug-likeness (QED) is 0.348. The van der Waals surface area contributed by atoms with E-state index in [9.17, 15) is 0 Å². The van der Waals surface area contributed by atoms with Crippen LogP contribution in [0.25, 0.3) is 0 Å². The summed E-state index contributed by atoms with van der Waals surface area (Å²) in [5, 5.41) is 6.78. The number of ether oxygens (including phenoxy) is 1. The van der Waals surface area contributed by atoms with Crippen LogP contribution in [0.3, 0.4) is 0 Å². The van der Waals surface area contributed by atoms with Gasteiger partial charge in [0.2, 0.25) is 0 Å². The Labute approximate surface area is 142 Å². The van der Waals surface area contributed by atoms with Crippen molar-refractivity contribution in [2.24, 2.45) is 10.9 Å². The van der Waals surface area contributed by atoms with Crippen molar-refractivity contribution in [3.8, 4) is 0 Å². The summed E-state index contributed by atoms with van der Waals surface area (Å²) in [6.45, 7) is 11.4. The van der Waals surface area contributed by atoms with Crippen LogP contribution in [0.4, 0.5) is 0 Å². The lowest BCUT2D eigenvalue weighted by molar-refractivity contribution is 0.129. The third-order valence-electron chi connectivity index (χ3n) is 4.63. The van der Waals surface area contributed by atoms with Gasteiger partial charge in [0.25, 0.3) is 0 Å². The number of guanidine groups is 1. The minimum absolute atomic E-state index is 0.739. The second-order valence-electron chi connectivity index (χ2n) is 6.85. The fourth-order valence-electron chi connectivity index (χ4n) is 3.07. The minimum Gasteiger partial charge on any atom is -0.381 e. The van der Waals surface area contributed by atoms with Gasteiger partial charge in [0.15, 0.2) is 5.96 Å². The molecule has 1 aliphatic heterocycles. The molecule has 1 aliphatic carbocycles. The molecule has 23 heavy (non-hydrogen) atoms. The van der Waals surface area contributed by atoms with Crippen LogP contribution in [-0.2, 0) is 4.74 Å². The van der Waals surface area contributed by atoms with Gasteiger partial charge in [-0.05, 0) is 51.5 Å². The van der Waals surface area contributed by atoms with Gasteiger partial charge in [-0.15, -0.1) is 0 Å². The first-order valence-corrected chi connectivity index (χ1v) is 9.67. The van der Waals surface area contributed by atoms with Gasteiger partial charge in [0, 0.05) is 45.4 Å². The molecular formula is C18H36N4O. The number of likely N-dealkylation sites (tertiary alicyclic amines) is 1. The molecule has 0 amide bonds. The molecule has 0 bridgehead atoms. The van der Waals surface area contributed by atoms with E-state index >= 15 is 0 Å². The number of nitrogens with one attached hydrogen (secondary N) is 2. The molecule has 2 N–H and O–H groups in total. The Bertz CT molecular complexity index is 344. The van der Waals surface area contributed by atoms with Crippen molar-refractivity contribution in [2.75, 3.05) is 45.9 Å². The smallest absolute Gasteiger partial charge is 0.191 e. The van der Waals surface area contributed by atoms with E-state index in [-0.39, 0.29) is 0 Å². The lowest BCUT2D eigenvalue weighted by atomic mass is 10.1. The molecule has 0 aromatic rings. The summed E-state index contributed by atoms with van der Waals surface area (Å²) < 4.78 is 5.59. The van der Waals surface area contributed by atoms with Gasteiger partial charge in [0.1, 0.15) is 0 Å². The van der Waals surface area contributed by atoms with E-state index in [1.165, 1.54) is 38.8 Å². The monoisotopic (exact) mass is 324 g/mol. The molecule has 1 unspecified atom stereocenters. The van der Waals surface area contributed by atoms with E-state index in [4.69, 9.17) is 9.73 Å². The maximum Gasteiger partial charge on any atom is 0.191 e. The van der Waals surface area contributed by atoms with Crippen LogP contribution >= 0.6 is 0 Å². The maximum absolute atomic E-state index is 5.59. The molecule has 0 spiro atoms. The highest BCUT2D eigenvalue weighted by Crippen LogP contribution is 2.31. The summed E-state index contributed by atoms with van der Waals surface area (Å²) in [4.78, 5) is 7.44. The van der Waals surface area contributed by atoms with Gasteiger partial charge in [-0.3, -0.25) is 4.99 Å². The third kappa shape index (κ3) is 7.53. The van der Waals surface area contributed by atoms with Crippen molar-refractivity contribution < 1.29 is 4.74 Å². The van der Waals surface area contributed by atoms with Gasteiger partial charge >= 0.3 is 0 Å². The van der Waals surface area contributed by atoms with Gasteiger partial charge in [-0.25, -0.2) is 0 Å². The standard InChI is InChI=1S/C18H36N4O/c1-3-5-12-23-13-6-10-20-18(19-4-2)21-14-16-9-11-22(15-16)17-7-8-17/h16-17H,3-15H2,1-2H3,(H2,19,20,21). The largest absolute Gasteiger partial charge is 0.381 e. The molecule has 5 heteroatoms. The van der Waals surface area contributed by atoms with E-state index in [1.54, 1.807) is 0 Å². The Kier molecular flexibility index (Phi) is 8.76. The number of rotatable bonds is 11. The lowest BCUT2D eigenvalue weighted by Gasteiger charge is -2.15. The minimum atomic E-state index is 0.739. The molecule has 134 valence electrons. The third-order valence-corrected chi connectivity index (χ3v) is 4.63. The Morgan fingerprint density at radius 2 is 1.96 bits per heavy atom. The summed E-state index contributed by atoms with van der Waals surface area (Å²) >= 11 is 0. The second kappa shape index (κ2) is 10.9. The number of nitrogens with zero attached hydrogens (tertiary/aromatic N) is 2. The van der Waals surface area contributed by atoms with Crippen molar-refractivity contribution in [3.63, 3.8) is 0 Å². The highest BCUT2D eigenvalue weighted by Gasteiger charge is 2.34. The SMILES string of the molecule is CCCCOCCCNC(=NCC1CCN(C2CC2)C1)NCC. The zero-order chi connectivity index (χ0) is 16.3. The van der Waals surface area contributed by atoms with Crippen molar-refractivity contribution >= 4 is 5.96 Å².